The number of esters is 2. The molecule has 4 aliphatic rings. The number of aromatic nitrogens is 5. The Morgan fingerprint density at radius 3 is 1.36 bits per heavy atom. The average molecular weight is 1640 g/mol. The second kappa shape index (κ2) is 39.3. The molecule has 0 saturated carbocycles. The molecule has 9 heterocycles. The molecule has 24 heteroatoms. The van der Waals surface area contributed by atoms with E-state index in [1.54, 1.807) is 92.2 Å². The van der Waals surface area contributed by atoms with Gasteiger partial charge in [0.25, 0.3) is 5.91 Å². The lowest BCUT2D eigenvalue weighted by molar-refractivity contribution is -0.145. The molecule has 636 valence electrons. The van der Waals surface area contributed by atoms with Gasteiger partial charge in [-0.2, -0.15) is 4.90 Å². The zero-order valence-electron chi connectivity index (χ0n) is 72.2. The van der Waals surface area contributed by atoms with E-state index in [4.69, 9.17) is 40.9 Å². The molecular formula is C96H118N10O14. The number of nitrogen functional groups attached to an aromatic ring is 1. The molecular weight excluding hydrogens is 1520 g/mol. The van der Waals surface area contributed by atoms with E-state index in [9.17, 15) is 38.4 Å². The van der Waals surface area contributed by atoms with Gasteiger partial charge in [0.05, 0.1) is 49.2 Å². The highest BCUT2D eigenvalue weighted by Crippen LogP contribution is 2.34. The zero-order chi connectivity index (χ0) is 87.1. The van der Waals surface area contributed by atoms with Crippen LogP contribution < -0.4 is 17.2 Å². The third-order valence-corrected chi connectivity index (χ3v) is 20.7. The zero-order valence-corrected chi connectivity index (χ0v) is 72.2. The molecule has 4 amide bonds. The quantitative estimate of drug-likeness (QED) is 0.0451. The molecule has 0 saturated heterocycles. The first-order valence-corrected chi connectivity index (χ1v) is 41.3. The molecule has 6 atom stereocenters. The highest BCUT2D eigenvalue weighted by atomic mass is 16.6. The van der Waals surface area contributed by atoms with Crippen molar-refractivity contribution in [2.24, 2.45) is 23.3 Å². The van der Waals surface area contributed by atoms with Crippen LogP contribution in [0.15, 0.2) is 176 Å². The minimum atomic E-state index is -0.997. The van der Waals surface area contributed by atoms with Crippen molar-refractivity contribution in [3.63, 3.8) is 0 Å². The van der Waals surface area contributed by atoms with Gasteiger partial charge in [-0.25, -0.2) is 24.1 Å². The van der Waals surface area contributed by atoms with Gasteiger partial charge in [-0.1, -0.05) is 129 Å². The summed E-state index contributed by atoms with van der Waals surface area (Å²) in [5, 5.41) is 5.79. The number of nitrogens with zero attached hydrogens (tertiary/aromatic N) is 6. The predicted molar refractivity (Wildman–Crippen MR) is 470 cm³/mol. The average Bonchev–Trinajstić information content (AvgIpc) is 1.57. The summed E-state index contributed by atoms with van der Waals surface area (Å²) in [5.74, 6) is 5.21. The predicted octanol–water partition coefficient (Wildman–Crippen LogP) is 18.5. The van der Waals surface area contributed by atoms with Crippen molar-refractivity contribution < 1.29 is 66.8 Å². The van der Waals surface area contributed by atoms with Crippen molar-refractivity contribution in [2.45, 2.75) is 234 Å². The lowest BCUT2D eigenvalue weighted by atomic mass is 10.0. The maximum atomic E-state index is 13.4. The van der Waals surface area contributed by atoms with Crippen LogP contribution in [0.5, 0.6) is 0 Å². The molecule has 24 nitrogen and oxygen atoms in total. The standard InChI is InChI=1S/C22H28N2O5.C22H30N2O4.2C14H17NO2.C12H12N2O.C12H14N2/c1-21(2,3)28-19(26)24(20(27)29-22(4,5)6)17-12-11-15-13-14-9-7-8-10-16(14)23(15)18(17)25;1-21(2,3)27-19(25)24(20(26)28-22(4,5)6)17-12-11-16-13-15-9-7-8-10-18(15)23(16)14-17;1-10(14(16)17-2)7-8-12-9-11-5-3-4-6-13(11)15-12;1-11(14(16)17-2)7-3-4-8-12-9-5-6-10-13(12)15;13-10-6-5-9-7-8-3-1-2-4-11(8)14(9)12(10)15;13-10-5-6-11-7-9-3-1-2-4-12(9)14(11)8-10/h7-10,13,17H,11-12H2,1-6H3;7-10,13,17H,11-12,14H2,1-6H3;3-6,9-10,15H,7-8H2,1-2H3;5-6,9-11H,3,7,15H2,1-2H3;1-4,7,10H,5-6,13H2;1-4,7,10H,5-6,8,13H2. The van der Waals surface area contributed by atoms with Crippen LogP contribution in [0.3, 0.4) is 0 Å². The molecule has 6 unspecified atom stereocenters. The number of imide groups is 2. The number of para-hydroxylation sites is 6. The first-order chi connectivity index (χ1) is 56.8. The summed E-state index contributed by atoms with van der Waals surface area (Å²) in [5.41, 5.74) is 27.1. The molecule has 0 radical (unpaired) electrons. The third-order valence-electron chi connectivity index (χ3n) is 20.7. The number of nitrogens with one attached hydrogen (secondary N) is 1. The summed E-state index contributed by atoms with van der Waals surface area (Å²) in [6.07, 6.45) is 6.15. The number of nitrogens with two attached hydrogens (primary N) is 3. The van der Waals surface area contributed by atoms with E-state index in [2.05, 4.69) is 103 Å². The second-order valence-electron chi connectivity index (χ2n) is 34.9. The first-order valence-electron chi connectivity index (χ1n) is 41.3. The fourth-order valence-corrected chi connectivity index (χ4v) is 14.9. The number of hydrogen-bond donors (Lipinski definition) is 4. The van der Waals surface area contributed by atoms with Crippen LogP contribution in [-0.2, 0) is 83.2 Å². The van der Waals surface area contributed by atoms with E-state index >= 15 is 0 Å². The number of methoxy groups -OCH3 is 2. The molecule has 4 aliphatic heterocycles. The molecule has 11 aromatic rings. The number of H-pyrrole nitrogens is 1. The van der Waals surface area contributed by atoms with Gasteiger partial charge in [-0.05, 0) is 243 Å². The van der Waals surface area contributed by atoms with Crippen molar-refractivity contribution in [1.29, 1.82) is 0 Å². The van der Waals surface area contributed by atoms with E-state index in [0.717, 1.165) is 111 Å². The number of benzene rings is 6. The third kappa shape index (κ3) is 23.7. The maximum Gasteiger partial charge on any atom is 0.420 e. The summed E-state index contributed by atoms with van der Waals surface area (Å²) >= 11 is 0. The molecule has 0 fully saturated rings. The van der Waals surface area contributed by atoms with Gasteiger partial charge in [0.2, 0.25) is 5.91 Å². The van der Waals surface area contributed by atoms with Crippen LogP contribution in [0.2, 0.25) is 0 Å². The van der Waals surface area contributed by atoms with Crippen molar-refractivity contribution in [3.05, 3.63) is 210 Å². The minimum absolute atomic E-state index is 0.0254. The Balaban J connectivity index is 0.000000155. The second-order valence-corrected chi connectivity index (χ2v) is 34.9. The molecule has 15 rings (SSSR count). The number of ether oxygens (including phenoxy) is 6. The van der Waals surface area contributed by atoms with Crippen LogP contribution in [0.1, 0.15) is 186 Å². The fraction of sp³-hybridized carbons (Fsp3) is 0.417. The highest BCUT2D eigenvalue weighted by Gasteiger charge is 2.44. The molecule has 0 aliphatic carbocycles. The molecule has 5 aromatic heterocycles. The van der Waals surface area contributed by atoms with Crippen LogP contribution >= 0.6 is 0 Å². The van der Waals surface area contributed by atoms with Crippen molar-refractivity contribution in [2.75, 3.05) is 20.0 Å². The lowest BCUT2D eigenvalue weighted by Crippen LogP contribution is -2.54. The number of amides is 4. The smallest absolute Gasteiger partial charge is 0.420 e. The van der Waals surface area contributed by atoms with Crippen molar-refractivity contribution >= 4 is 108 Å². The molecule has 7 N–H and O–H groups in total. The Morgan fingerprint density at radius 1 is 0.467 bits per heavy atom. The monoisotopic (exact) mass is 1630 g/mol. The van der Waals surface area contributed by atoms with Gasteiger partial charge in [0.15, 0.2) is 0 Å². The number of aryl methyl sites for hydroxylation is 5. The Labute approximate surface area is 703 Å². The molecule has 0 spiro atoms. The number of aromatic amines is 1. The van der Waals surface area contributed by atoms with Gasteiger partial charge in [0, 0.05) is 92.6 Å². The fourth-order valence-electron chi connectivity index (χ4n) is 14.9. The van der Waals surface area contributed by atoms with Crippen molar-refractivity contribution in [3.8, 4) is 11.8 Å². The van der Waals surface area contributed by atoms with Gasteiger partial charge >= 0.3 is 36.3 Å². The number of carbonyl (C=O) groups is 8. The van der Waals surface area contributed by atoms with E-state index in [-0.39, 0.29) is 47.7 Å². The number of rotatable bonds is 9. The van der Waals surface area contributed by atoms with Gasteiger partial charge in [-0.15, -0.1) is 0 Å². The first kappa shape index (κ1) is 90.4. The van der Waals surface area contributed by atoms with Crippen LogP contribution in [0.4, 0.5) is 24.9 Å². The largest absolute Gasteiger partial charge is 0.469 e. The Kier molecular flexibility index (Phi) is 29.6. The Hall–Kier alpha value is -11.9. The Bertz CT molecular complexity index is 5450. The SMILES string of the molecule is CC(C)(C)OC(=O)N(C(=O)OC(C)(C)C)C1CCc2cc3ccccc3n2C1.CC(C)(C)OC(=O)N(C(=O)OC(C)(C)C)C1CCc2cc3ccccc3n2C1=O.COC(=O)C(C)CCC#Cc1ccccc1N.COC(=O)C(C)CCc1cc2ccccc2[nH]1.NC1CCc2cc3ccccc3n2C1.NC1CCc2cc3ccccc3n2C1=O. The van der Waals surface area contributed by atoms with E-state index < -0.39 is 52.8 Å². The van der Waals surface area contributed by atoms with Crippen LogP contribution in [-0.4, -0.2) is 142 Å². The molecule has 120 heavy (non-hydrogen) atoms. The summed E-state index contributed by atoms with van der Waals surface area (Å²) in [6, 6.07) is 57.1. The van der Waals surface area contributed by atoms with Gasteiger partial charge in [0.1, 0.15) is 28.4 Å². The van der Waals surface area contributed by atoms with Crippen molar-refractivity contribution in [1.82, 2.24) is 33.1 Å². The minimum Gasteiger partial charge on any atom is -0.469 e. The van der Waals surface area contributed by atoms with Crippen LogP contribution in [0.25, 0.3) is 54.5 Å². The number of carbonyl (C=O) groups excluding carboxylic acids is 8. The molecule has 0 bridgehead atoms. The summed E-state index contributed by atoms with van der Waals surface area (Å²) in [4.78, 5) is 105. The Morgan fingerprint density at radius 2 is 0.867 bits per heavy atom. The van der Waals surface area contributed by atoms with E-state index in [1.165, 1.54) is 53.0 Å². The normalized spacial score (nSPS) is 16.5. The summed E-state index contributed by atoms with van der Waals surface area (Å²) in [6.45, 7) is 26.2. The number of hydrogen-bond acceptors (Lipinski definition) is 17. The number of anilines is 1. The highest BCUT2D eigenvalue weighted by molar-refractivity contribution is 6.02. The maximum absolute atomic E-state index is 13.4. The summed E-state index contributed by atoms with van der Waals surface area (Å²) in [7, 11) is 2.83. The number of fused-ring (bicyclic) bond motifs is 13. The van der Waals surface area contributed by atoms with Crippen LogP contribution in [0, 0.1) is 23.7 Å². The lowest BCUT2D eigenvalue weighted by Gasteiger charge is -2.36. The topological polar surface area (TPSA) is 312 Å². The van der Waals surface area contributed by atoms with E-state index in [1.807, 2.05) is 117 Å². The van der Waals surface area contributed by atoms with E-state index in [0.29, 0.717) is 50.4 Å². The van der Waals surface area contributed by atoms with Gasteiger partial charge in [-0.3, -0.25) is 28.3 Å². The van der Waals surface area contributed by atoms with Gasteiger partial charge < -0.3 is 59.7 Å². The summed E-state index contributed by atoms with van der Waals surface area (Å²) < 4.78 is 39.1. The molecule has 6 aromatic carbocycles.